The number of thiophene rings is 1. The van der Waals surface area contributed by atoms with Crippen molar-refractivity contribution in [1.82, 2.24) is 15.0 Å². The molecule has 41 heavy (non-hydrogen) atoms. The van der Waals surface area contributed by atoms with Crippen molar-refractivity contribution >= 4 is 57.3 Å². The fourth-order valence-electron chi connectivity index (χ4n) is 5.11. The van der Waals surface area contributed by atoms with Gasteiger partial charge in [0.25, 0.3) is 0 Å². The number of amides is 1. The number of aliphatic hydroxyl groups is 1. The topological polar surface area (TPSA) is 121 Å². The second-order valence-corrected chi connectivity index (χ2v) is 11.8. The third-order valence-corrected chi connectivity index (χ3v) is 8.97. The van der Waals surface area contributed by atoms with E-state index in [4.69, 9.17) is 14.7 Å². The summed E-state index contributed by atoms with van der Waals surface area (Å²) in [7, 11) is 0. The summed E-state index contributed by atoms with van der Waals surface area (Å²) in [6, 6.07) is 10.3. The first kappa shape index (κ1) is 27.3. The van der Waals surface area contributed by atoms with Crippen LogP contribution in [0.25, 0.3) is 11.1 Å². The lowest BCUT2D eigenvalue weighted by Gasteiger charge is -2.31. The zero-order valence-electron chi connectivity index (χ0n) is 22.8. The van der Waals surface area contributed by atoms with Gasteiger partial charge >= 0.3 is 5.97 Å². The van der Waals surface area contributed by atoms with E-state index in [0.29, 0.717) is 65.8 Å². The van der Waals surface area contributed by atoms with Gasteiger partial charge in [0, 0.05) is 18.7 Å². The number of esters is 1. The Morgan fingerprint density at radius 3 is 2.56 bits per heavy atom. The summed E-state index contributed by atoms with van der Waals surface area (Å²) >= 11 is 2.84. The summed E-state index contributed by atoms with van der Waals surface area (Å²) in [6.45, 7) is 5.44. The van der Waals surface area contributed by atoms with Crippen LogP contribution in [0.5, 0.6) is 0 Å². The van der Waals surface area contributed by atoms with Gasteiger partial charge in [0.2, 0.25) is 11.9 Å². The summed E-state index contributed by atoms with van der Waals surface area (Å²) in [5, 5.41) is 17.9. The van der Waals surface area contributed by atoms with Gasteiger partial charge in [-0.3, -0.25) is 15.0 Å². The predicted molar refractivity (Wildman–Crippen MR) is 160 cm³/mol. The lowest BCUT2D eigenvalue weighted by Crippen LogP contribution is -2.37. The molecule has 3 aromatic heterocycles. The number of benzene rings is 1. The summed E-state index contributed by atoms with van der Waals surface area (Å²) in [5.41, 5.74) is 4.65. The highest BCUT2D eigenvalue weighted by molar-refractivity contribution is 7.17. The number of anilines is 4. The Hall–Kier alpha value is -3.87. The Balaban J connectivity index is 1.32. The number of ether oxygens (including phenoxy) is 1. The van der Waals surface area contributed by atoms with Crippen LogP contribution in [0.15, 0.2) is 41.1 Å². The van der Waals surface area contributed by atoms with Crippen LogP contribution in [-0.4, -0.2) is 57.7 Å². The van der Waals surface area contributed by atoms with Crippen molar-refractivity contribution < 1.29 is 19.4 Å². The Bertz CT molecular complexity index is 1560. The van der Waals surface area contributed by atoms with E-state index in [1.807, 2.05) is 12.1 Å². The Kier molecular flexibility index (Phi) is 7.69. The molecule has 2 aliphatic rings. The standard InChI is InChI=1S/C29H30N6O4S2/c1-3-39-27(38)24-17(2)30-29(41-24)33-28-31-25(34-11-8-21(36)9-12-34)22-14-23(37)35(26(22)32-28)15-18-4-6-19(7-5-18)20-10-13-40-16-20/h4-7,10,13,16,21,36H,3,8-9,11-12,14-15H2,1-2H3,(H,30,31,32,33). The maximum atomic E-state index is 13.3. The van der Waals surface area contributed by atoms with Gasteiger partial charge in [-0.15, -0.1) is 0 Å². The average Bonchev–Trinajstić information content (AvgIpc) is 3.70. The van der Waals surface area contributed by atoms with E-state index in [0.717, 1.165) is 16.7 Å². The number of nitrogens with one attached hydrogen (secondary N) is 1. The summed E-state index contributed by atoms with van der Waals surface area (Å²) < 4.78 is 5.15. The van der Waals surface area contributed by atoms with E-state index in [2.05, 4.69) is 44.2 Å². The van der Waals surface area contributed by atoms with Crippen molar-refractivity contribution in [3.63, 3.8) is 0 Å². The number of thiazole rings is 1. The van der Waals surface area contributed by atoms with Gasteiger partial charge in [0.1, 0.15) is 16.5 Å². The van der Waals surface area contributed by atoms with Gasteiger partial charge in [-0.2, -0.15) is 21.3 Å². The highest BCUT2D eigenvalue weighted by Gasteiger charge is 2.35. The van der Waals surface area contributed by atoms with Gasteiger partial charge < -0.3 is 14.7 Å². The van der Waals surface area contributed by atoms with Crippen LogP contribution < -0.4 is 15.1 Å². The molecule has 1 saturated heterocycles. The van der Waals surface area contributed by atoms with Crippen molar-refractivity contribution in [3.05, 3.63) is 62.8 Å². The second-order valence-electron chi connectivity index (χ2n) is 10.0. The van der Waals surface area contributed by atoms with E-state index >= 15 is 0 Å². The highest BCUT2D eigenvalue weighted by Crippen LogP contribution is 2.38. The molecule has 2 aliphatic heterocycles. The number of aromatic nitrogens is 3. The largest absolute Gasteiger partial charge is 0.462 e. The van der Waals surface area contributed by atoms with Crippen LogP contribution in [0.2, 0.25) is 0 Å². The van der Waals surface area contributed by atoms with Crippen LogP contribution in [0.3, 0.4) is 0 Å². The number of rotatable bonds is 8. The fourth-order valence-corrected chi connectivity index (χ4v) is 6.63. The van der Waals surface area contributed by atoms with Gasteiger partial charge in [-0.1, -0.05) is 35.6 Å². The molecule has 1 fully saturated rings. The third kappa shape index (κ3) is 5.67. The zero-order valence-corrected chi connectivity index (χ0v) is 24.4. The number of hydrogen-bond acceptors (Lipinski definition) is 11. The molecule has 10 nitrogen and oxygen atoms in total. The molecule has 1 aromatic carbocycles. The molecule has 0 bridgehead atoms. The third-order valence-electron chi connectivity index (χ3n) is 7.24. The quantitative estimate of drug-likeness (QED) is 0.275. The first-order chi connectivity index (χ1) is 19.9. The maximum Gasteiger partial charge on any atom is 0.350 e. The minimum Gasteiger partial charge on any atom is -0.462 e. The molecule has 12 heteroatoms. The van der Waals surface area contributed by atoms with Crippen molar-refractivity contribution in [2.24, 2.45) is 0 Å². The van der Waals surface area contributed by atoms with Crippen LogP contribution in [-0.2, 0) is 22.5 Å². The summed E-state index contributed by atoms with van der Waals surface area (Å²) in [5.74, 6) is 1.09. The molecule has 2 N–H and O–H groups in total. The molecule has 1 amide bonds. The second kappa shape index (κ2) is 11.6. The lowest BCUT2D eigenvalue weighted by atomic mass is 10.1. The number of aliphatic hydroxyl groups excluding tert-OH is 1. The molecule has 212 valence electrons. The Morgan fingerprint density at radius 1 is 1.10 bits per heavy atom. The maximum absolute atomic E-state index is 13.3. The van der Waals surface area contributed by atoms with Crippen LogP contribution in [0.1, 0.15) is 46.3 Å². The number of piperidine rings is 1. The fraction of sp³-hybridized carbons (Fsp3) is 0.345. The molecule has 5 heterocycles. The van der Waals surface area contributed by atoms with Crippen molar-refractivity contribution in [2.75, 3.05) is 34.8 Å². The lowest BCUT2D eigenvalue weighted by molar-refractivity contribution is -0.117. The van der Waals surface area contributed by atoms with E-state index < -0.39 is 5.97 Å². The molecular weight excluding hydrogens is 560 g/mol. The first-order valence-electron chi connectivity index (χ1n) is 13.6. The minimum atomic E-state index is -0.417. The van der Waals surface area contributed by atoms with Crippen molar-refractivity contribution in [2.45, 2.75) is 45.8 Å². The van der Waals surface area contributed by atoms with E-state index in [1.165, 1.54) is 16.9 Å². The highest BCUT2D eigenvalue weighted by atomic mass is 32.1. The molecule has 0 unspecified atom stereocenters. The average molecular weight is 591 g/mol. The molecule has 0 aliphatic carbocycles. The zero-order chi connectivity index (χ0) is 28.5. The van der Waals surface area contributed by atoms with Crippen molar-refractivity contribution in [3.8, 4) is 11.1 Å². The molecule has 0 atom stereocenters. The van der Waals surface area contributed by atoms with E-state index in [9.17, 15) is 14.7 Å². The summed E-state index contributed by atoms with van der Waals surface area (Å²) in [6.07, 6.45) is 1.13. The minimum absolute atomic E-state index is 0.0404. The SMILES string of the molecule is CCOC(=O)c1sc(Nc2nc(N3CCC(O)CC3)c3c(n2)N(Cc2ccc(-c4ccsc4)cc2)C(=O)C3)nc1C. The number of carbonyl (C=O) groups excluding carboxylic acids is 2. The molecule has 0 spiro atoms. The smallest absolute Gasteiger partial charge is 0.350 e. The number of hydrogen-bond donors (Lipinski definition) is 2. The van der Waals surface area contributed by atoms with E-state index in [-0.39, 0.29) is 25.0 Å². The summed E-state index contributed by atoms with van der Waals surface area (Å²) in [4.78, 5) is 44.0. The van der Waals surface area contributed by atoms with Gasteiger partial charge in [0.15, 0.2) is 5.13 Å². The predicted octanol–water partition coefficient (Wildman–Crippen LogP) is 4.94. The van der Waals surface area contributed by atoms with Crippen LogP contribution in [0.4, 0.5) is 22.7 Å². The van der Waals surface area contributed by atoms with Crippen LogP contribution in [0, 0.1) is 6.92 Å². The van der Waals surface area contributed by atoms with Gasteiger partial charge in [0.05, 0.1) is 31.4 Å². The number of fused-ring (bicyclic) bond motifs is 1. The number of nitrogens with zero attached hydrogens (tertiary/aromatic N) is 5. The Labute approximate surface area is 245 Å². The molecule has 6 rings (SSSR count). The van der Waals surface area contributed by atoms with Crippen molar-refractivity contribution in [1.29, 1.82) is 0 Å². The molecular formula is C29H30N6O4S2. The molecule has 0 radical (unpaired) electrons. The normalized spacial score (nSPS) is 15.3. The monoisotopic (exact) mass is 590 g/mol. The number of carbonyl (C=O) groups is 2. The first-order valence-corrected chi connectivity index (χ1v) is 15.3. The molecule has 4 aromatic rings. The van der Waals surface area contributed by atoms with Crippen LogP contribution >= 0.6 is 22.7 Å². The number of aryl methyl sites for hydroxylation is 1. The van der Waals surface area contributed by atoms with E-state index in [1.54, 1.807) is 30.1 Å². The van der Waals surface area contributed by atoms with Gasteiger partial charge in [-0.05, 0) is 60.2 Å². The Morgan fingerprint density at radius 2 is 1.85 bits per heavy atom. The molecule has 0 saturated carbocycles. The van der Waals surface area contributed by atoms with Gasteiger partial charge in [-0.25, -0.2) is 9.78 Å².